The predicted molar refractivity (Wildman–Crippen MR) is 79.4 cm³/mol. The number of amides is 1. The van der Waals surface area contributed by atoms with Crippen molar-refractivity contribution in [3.8, 4) is 0 Å². The molecule has 1 fully saturated rings. The van der Waals surface area contributed by atoms with E-state index in [1.807, 2.05) is 13.8 Å². The van der Waals surface area contributed by atoms with Gasteiger partial charge in [-0.3, -0.25) is 9.59 Å². The summed E-state index contributed by atoms with van der Waals surface area (Å²) < 4.78 is 0. The van der Waals surface area contributed by atoms with Crippen molar-refractivity contribution in [2.24, 2.45) is 11.8 Å². The van der Waals surface area contributed by atoms with Crippen LogP contribution in [-0.4, -0.2) is 23.0 Å². The summed E-state index contributed by atoms with van der Waals surface area (Å²) in [6.07, 6.45) is 8.76. The van der Waals surface area contributed by atoms with Crippen molar-refractivity contribution in [1.82, 2.24) is 5.32 Å². The van der Waals surface area contributed by atoms with Gasteiger partial charge in [0.15, 0.2) is 0 Å². The van der Waals surface area contributed by atoms with E-state index in [-0.39, 0.29) is 24.3 Å². The molecule has 2 N–H and O–H groups in total. The number of rotatable bonds is 8. The highest BCUT2D eigenvalue weighted by molar-refractivity contribution is 5.78. The average molecular weight is 283 g/mol. The number of hydrogen-bond donors (Lipinski definition) is 2. The molecule has 1 amide bonds. The van der Waals surface area contributed by atoms with Gasteiger partial charge < -0.3 is 10.4 Å². The summed E-state index contributed by atoms with van der Waals surface area (Å²) in [5.74, 6) is -0.0522. The fraction of sp³-hybridized carbons (Fsp3) is 0.875. The Hall–Kier alpha value is -1.06. The van der Waals surface area contributed by atoms with Gasteiger partial charge in [0.2, 0.25) is 5.91 Å². The fourth-order valence-electron chi connectivity index (χ4n) is 2.90. The Morgan fingerprint density at radius 3 is 2.45 bits per heavy atom. The number of hydrogen-bond acceptors (Lipinski definition) is 2. The third-order valence-electron chi connectivity index (χ3n) is 4.46. The lowest BCUT2D eigenvalue weighted by Gasteiger charge is -2.27. The molecule has 0 aromatic heterocycles. The Morgan fingerprint density at radius 1 is 1.25 bits per heavy atom. The zero-order chi connectivity index (χ0) is 15.0. The Kier molecular flexibility index (Phi) is 7.63. The molecule has 0 radical (unpaired) electrons. The van der Waals surface area contributed by atoms with Crippen molar-refractivity contribution >= 4 is 11.9 Å². The average Bonchev–Trinajstić information content (AvgIpc) is 2.44. The van der Waals surface area contributed by atoms with E-state index in [1.54, 1.807) is 0 Å². The quantitative estimate of drug-likeness (QED) is 0.718. The maximum atomic E-state index is 12.0. The first-order chi connectivity index (χ1) is 9.52. The van der Waals surface area contributed by atoms with Gasteiger partial charge in [-0.05, 0) is 25.2 Å². The van der Waals surface area contributed by atoms with Crippen LogP contribution in [0.1, 0.15) is 71.6 Å². The van der Waals surface area contributed by atoms with Crippen molar-refractivity contribution in [3.05, 3.63) is 0 Å². The Balaban J connectivity index is 2.49. The van der Waals surface area contributed by atoms with E-state index in [0.717, 1.165) is 12.8 Å². The molecule has 0 bridgehead atoms. The normalized spacial score (nSPS) is 19.3. The fourth-order valence-corrected chi connectivity index (χ4v) is 2.90. The van der Waals surface area contributed by atoms with Crippen molar-refractivity contribution in [2.75, 3.05) is 0 Å². The summed E-state index contributed by atoms with van der Waals surface area (Å²) in [4.78, 5) is 22.8. The Labute approximate surface area is 122 Å². The van der Waals surface area contributed by atoms with Gasteiger partial charge in [0.25, 0.3) is 0 Å². The smallest absolute Gasteiger partial charge is 0.303 e. The van der Waals surface area contributed by atoms with E-state index in [0.29, 0.717) is 12.3 Å². The van der Waals surface area contributed by atoms with Crippen LogP contribution in [0.4, 0.5) is 0 Å². The standard InChI is InChI=1S/C16H29NO3/c1-3-12(2)16(20)17-14(9-10-15(18)19)11-13-7-5-4-6-8-13/h12-14H,3-11H2,1-2H3,(H,17,20)(H,18,19). The van der Waals surface area contributed by atoms with Gasteiger partial charge in [0.05, 0.1) is 0 Å². The SMILES string of the molecule is CCC(C)C(=O)NC(CCC(=O)O)CC1CCCCC1. The molecule has 1 aliphatic rings. The molecule has 0 aromatic carbocycles. The highest BCUT2D eigenvalue weighted by Crippen LogP contribution is 2.28. The van der Waals surface area contributed by atoms with Gasteiger partial charge in [-0.15, -0.1) is 0 Å². The molecule has 20 heavy (non-hydrogen) atoms. The highest BCUT2D eigenvalue weighted by Gasteiger charge is 2.22. The van der Waals surface area contributed by atoms with E-state index in [4.69, 9.17) is 5.11 Å². The first kappa shape index (κ1) is 17.0. The molecule has 0 saturated heterocycles. The Bertz CT molecular complexity index is 311. The third kappa shape index (κ3) is 6.40. The lowest BCUT2D eigenvalue weighted by molar-refractivity contribution is -0.137. The van der Waals surface area contributed by atoms with E-state index < -0.39 is 5.97 Å². The molecule has 2 atom stereocenters. The summed E-state index contributed by atoms with van der Waals surface area (Å²) in [7, 11) is 0. The van der Waals surface area contributed by atoms with Gasteiger partial charge in [-0.2, -0.15) is 0 Å². The zero-order valence-corrected chi connectivity index (χ0v) is 12.9. The molecule has 1 rings (SSSR count). The van der Waals surface area contributed by atoms with Crippen LogP contribution in [0.5, 0.6) is 0 Å². The van der Waals surface area contributed by atoms with E-state index in [9.17, 15) is 9.59 Å². The summed E-state index contributed by atoms with van der Waals surface area (Å²) in [5.41, 5.74) is 0. The second-order valence-corrected chi connectivity index (χ2v) is 6.19. The van der Waals surface area contributed by atoms with E-state index >= 15 is 0 Å². The van der Waals surface area contributed by atoms with Crippen LogP contribution in [0.2, 0.25) is 0 Å². The van der Waals surface area contributed by atoms with Crippen molar-refractivity contribution < 1.29 is 14.7 Å². The molecule has 1 saturated carbocycles. The highest BCUT2D eigenvalue weighted by atomic mass is 16.4. The molecular weight excluding hydrogens is 254 g/mol. The number of carboxylic acids is 1. The summed E-state index contributed by atoms with van der Waals surface area (Å²) in [6.45, 7) is 3.92. The second kappa shape index (κ2) is 8.98. The van der Waals surface area contributed by atoms with Gasteiger partial charge in [-0.1, -0.05) is 46.0 Å². The largest absolute Gasteiger partial charge is 0.481 e. The van der Waals surface area contributed by atoms with E-state index in [2.05, 4.69) is 5.32 Å². The molecule has 0 aliphatic heterocycles. The minimum atomic E-state index is -0.781. The monoisotopic (exact) mass is 283 g/mol. The maximum absolute atomic E-state index is 12.0. The van der Waals surface area contributed by atoms with Crippen LogP contribution in [0.15, 0.2) is 0 Å². The third-order valence-corrected chi connectivity index (χ3v) is 4.46. The van der Waals surface area contributed by atoms with Crippen LogP contribution in [0, 0.1) is 11.8 Å². The Morgan fingerprint density at radius 2 is 1.90 bits per heavy atom. The van der Waals surface area contributed by atoms with Gasteiger partial charge in [0, 0.05) is 18.4 Å². The molecule has 0 aromatic rings. The molecule has 116 valence electrons. The number of carbonyl (C=O) groups is 2. The zero-order valence-electron chi connectivity index (χ0n) is 12.9. The summed E-state index contributed by atoms with van der Waals surface area (Å²) >= 11 is 0. The summed E-state index contributed by atoms with van der Waals surface area (Å²) in [6, 6.07) is 0.0238. The lowest BCUT2D eigenvalue weighted by atomic mass is 9.84. The molecular formula is C16H29NO3. The molecule has 0 heterocycles. The van der Waals surface area contributed by atoms with Crippen LogP contribution in [-0.2, 0) is 9.59 Å². The number of aliphatic carboxylic acids is 1. The van der Waals surface area contributed by atoms with Crippen LogP contribution in [0.25, 0.3) is 0 Å². The first-order valence-corrected chi connectivity index (χ1v) is 8.05. The number of carbonyl (C=O) groups excluding carboxylic acids is 1. The van der Waals surface area contributed by atoms with Crippen LogP contribution < -0.4 is 5.32 Å². The number of carboxylic acid groups (broad SMARTS) is 1. The first-order valence-electron chi connectivity index (χ1n) is 8.05. The topological polar surface area (TPSA) is 66.4 Å². The molecule has 0 spiro atoms. The second-order valence-electron chi connectivity index (χ2n) is 6.19. The van der Waals surface area contributed by atoms with Gasteiger partial charge >= 0.3 is 5.97 Å². The van der Waals surface area contributed by atoms with Gasteiger partial charge in [-0.25, -0.2) is 0 Å². The van der Waals surface area contributed by atoms with Crippen LogP contribution >= 0.6 is 0 Å². The van der Waals surface area contributed by atoms with Gasteiger partial charge in [0.1, 0.15) is 0 Å². The van der Waals surface area contributed by atoms with Crippen molar-refractivity contribution in [1.29, 1.82) is 0 Å². The van der Waals surface area contributed by atoms with E-state index in [1.165, 1.54) is 32.1 Å². The summed E-state index contributed by atoms with van der Waals surface area (Å²) in [5, 5.41) is 11.9. The minimum Gasteiger partial charge on any atom is -0.481 e. The maximum Gasteiger partial charge on any atom is 0.303 e. The minimum absolute atomic E-state index is 0.00804. The molecule has 2 unspecified atom stereocenters. The number of nitrogens with one attached hydrogen (secondary N) is 1. The van der Waals surface area contributed by atoms with Crippen molar-refractivity contribution in [2.45, 2.75) is 77.7 Å². The lowest BCUT2D eigenvalue weighted by Crippen LogP contribution is -2.39. The predicted octanol–water partition coefficient (Wildman–Crippen LogP) is 3.35. The van der Waals surface area contributed by atoms with Crippen molar-refractivity contribution in [3.63, 3.8) is 0 Å². The molecule has 4 heteroatoms. The molecule has 1 aliphatic carbocycles. The molecule has 4 nitrogen and oxygen atoms in total. The van der Waals surface area contributed by atoms with Crippen LogP contribution in [0.3, 0.4) is 0 Å².